The summed E-state index contributed by atoms with van der Waals surface area (Å²) in [5.74, 6) is 1.45. The smallest absolute Gasteiger partial charge is 0.243 e. The molecule has 8 heteroatoms. The third kappa shape index (κ3) is 2.31. The number of benzene rings is 1. The van der Waals surface area contributed by atoms with Gasteiger partial charge < -0.3 is 24.8 Å². The van der Waals surface area contributed by atoms with E-state index in [0.29, 0.717) is 23.6 Å². The minimum Gasteiger partial charge on any atom is -0.485 e. The Hall–Kier alpha value is -2.32. The number of piperazine rings is 1. The summed E-state index contributed by atoms with van der Waals surface area (Å²) in [7, 11) is 1.97. The normalized spacial score (nSPS) is 41.6. The molecule has 7 aliphatic rings. The van der Waals surface area contributed by atoms with Gasteiger partial charge >= 0.3 is 0 Å². The maximum atomic E-state index is 14.2. The standard InChI is InChI=1S/C28H37N3O5/c1-24(2)18-12-26-10-6-7-11-31(26)15-27(18,30(5)23(26)34)14-28(24)16-8-9-17-21(20(16)29-22(28)33)35-13-19(32)25(3,4)36-17/h8-9,18-19,32H,6-7,10-15H2,1-5H3,(H,29,33)/t18-,19?,26+,27-,28-/m1/s1. The predicted octanol–water partition coefficient (Wildman–Crippen LogP) is 2.67. The second kappa shape index (κ2) is 6.57. The molecule has 8 nitrogen and oxygen atoms in total. The van der Waals surface area contributed by atoms with Crippen LogP contribution in [0.25, 0.3) is 0 Å². The van der Waals surface area contributed by atoms with Crippen LogP contribution in [0.4, 0.5) is 5.69 Å². The van der Waals surface area contributed by atoms with Crippen molar-refractivity contribution in [3.8, 4) is 11.5 Å². The van der Waals surface area contributed by atoms with Crippen molar-refractivity contribution in [1.29, 1.82) is 0 Å². The van der Waals surface area contributed by atoms with Crippen molar-refractivity contribution in [2.45, 2.75) is 88.0 Å². The van der Waals surface area contributed by atoms with Crippen molar-refractivity contribution in [1.82, 2.24) is 9.80 Å². The number of aliphatic hydroxyl groups excluding tert-OH is 1. The molecule has 1 saturated carbocycles. The van der Waals surface area contributed by atoms with Crippen LogP contribution in [0.15, 0.2) is 12.1 Å². The van der Waals surface area contributed by atoms with Crippen LogP contribution in [0, 0.1) is 11.3 Å². The number of hydrogen-bond acceptors (Lipinski definition) is 6. The van der Waals surface area contributed by atoms with Gasteiger partial charge in [0, 0.05) is 13.6 Å². The van der Waals surface area contributed by atoms with Gasteiger partial charge in [0.15, 0.2) is 11.5 Å². The fourth-order valence-electron chi connectivity index (χ4n) is 9.05. The van der Waals surface area contributed by atoms with Crippen molar-refractivity contribution in [2.75, 3.05) is 32.1 Å². The summed E-state index contributed by atoms with van der Waals surface area (Å²) in [6, 6.07) is 3.90. The fourth-order valence-corrected chi connectivity index (χ4v) is 9.05. The van der Waals surface area contributed by atoms with E-state index in [2.05, 4.69) is 24.1 Å². The first-order chi connectivity index (χ1) is 16.9. The Balaban J connectivity index is 1.39. The summed E-state index contributed by atoms with van der Waals surface area (Å²) < 4.78 is 12.3. The Morgan fingerprint density at radius 1 is 1.14 bits per heavy atom. The number of carbonyl (C=O) groups is 2. The minimum atomic E-state index is -0.813. The highest BCUT2D eigenvalue weighted by atomic mass is 16.6. The van der Waals surface area contributed by atoms with Gasteiger partial charge in [-0.05, 0) is 75.5 Å². The molecule has 2 bridgehead atoms. The van der Waals surface area contributed by atoms with Crippen LogP contribution in [0.3, 0.4) is 0 Å². The monoisotopic (exact) mass is 495 g/mol. The zero-order valence-electron chi connectivity index (χ0n) is 21.9. The Bertz CT molecular complexity index is 1210. The van der Waals surface area contributed by atoms with E-state index in [4.69, 9.17) is 9.47 Å². The van der Waals surface area contributed by atoms with Gasteiger partial charge in [0.2, 0.25) is 11.8 Å². The number of nitrogens with one attached hydrogen (secondary N) is 1. The number of hydrogen-bond donors (Lipinski definition) is 2. The highest BCUT2D eigenvalue weighted by Crippen LogP contribution is 2.72. The number of amides is 2. The highest BCUT2D eigenvalue weighted by Gasteiger charge is 2.79. The number of anilines is 1. The Kier molecular flexibility index (Phi) is 4.17. The van der Waals surface area contributed by atoms with Gasteiger partial charge in [0.1, 0.15) is 23.9 Å². The molecule has 36 heavy (non-hydrogen) atoms. The Morgan fingerprint density at radius 2 is 1.92 bits per heavy atom. The molecule has 6 aliphatic heterocycles. The van der Waals surface area contributed by atoms with Crippen LogP contribution in [0.5, 0.6) is 11.5 Å². The predicted molar refractivity (Wildman–Crippen MR) is 133 cm³/mol. The summed E-state index contributed by atoms with van der Waals surface area (Å²) in [6.45, 7) is 10.0. The zero-order valence-corrected chi connectivity index (χ0v) is 21.9. The van der Waals surface area contributed by atoms with Crippen LogP contribution in [-0.2, 0) is 15.0 Å². The largest absolute Gasteiger partial charge is 0.485 e. The van der Waals surface area contributed by atoms with Crippen LogP contribution < -0.4 is 14.8 Å². The molecule has 1 aromatic rings. The molecule has 194 valence electrons. The molecule has 0 aromatic heterocycles. The second-order valence-electron chi connectivity index (χ2n) is 13.2. The first-order valence-corrected chi connectivity index (χ1v) is 13.4. The van der Waals surface area contributed by atoms with Crippen LogP contribution in [0.1, 0.15) is 65.4 Å². The first-order valence-electron chi connectivity index (χ1n) is 13.4. The molecule has 1 aromatic carbocycles. The lowest BCUT2D eigenvalue weighted by Crippen LogP contribution is -2.80. The maximum absolute atomic E-state index is 14.2. The molecule has 1 unspecified atom stereocenters. The zero-order chi connectivity index (χ0) is 25.5. The van der Waals surface area contributed by atoms with Crippen molar-refractivity contribution >= 4 is 17.5 Å². The van der Waals surface area contributed by atoms with Gasteiger partial charge in [-0.15, -0.1) is 0 Å². The van der Waals surface area contributed by atoms with Gasteiger partial charge in [-0.25, -0.2) is 0 Å². The van der Waals surface area contributed by atoms with Crippen molar-refractivity contribution in [2.24, 2.45) is 11.3 Å². The molecular formula is C28H37N3O5. The Labute approximate surface area is 212 Å². The Morgan fingerprint density at radius 3 is 2.69 bits per heavy atom. The lowest BCUT2D eigenvalue weighted by Gasteiger charge is -2.67. The van der Waals surface area contributed by atoms with Crippen LogP contribution in [-0.4, -0.2) is 76.2 Å². The summed E-state index contributed by atoms with van der Waals surface area (Å²) in [5, 5.41) is 13.8. The van der Waals surface area contributed by atoms with Crippen molar-refractivity contribution < 1.29 is 24.2 Å². The van der Waals surface area contributed by atoms with Gasteiger partial charge in [-0.1, -0.05) is 19.9 Å². The number of piperidine rings is 3. The van der Waals surface area contributed by atoms with E-state index in [0.717, 1.165) is 44.3 Å². The third-order valence-electron chi connectivity index (χ3n) is 11.2. The van der Waals surface area contributed by atoms with E-state index in [9.17, 15) is 14.7 Å². The van der Waals surface area contributed by atoms with Crippen LogP contribution >= 0.6 is 0 Å². The first kappa shape index (κ1) is 22.8. The number of ether oxygens (including phenoxy) is 2. The topological polar surface area (TPSA) is 91.3 Å². The average Bonchev–Trinajstić information content (AvgIpc) is 3.18. The van der Waals surface area contributed by atoms with E-state index in [1.807, 2.05) is 37.9 Å². The molecule has 2 N–H and O–H groups in total. The summed E-state index contributed by atoms with van der Waals surface area (Å²) in [6.07, 6.45) is 3.73. The minimum absolute atomic E-state index is 0.0212. The van der Waals surface area contributed by atoms with E-state index in [-0.39, 0.29) is 35.3 Å². The SMILES string of the molecule is CN1C(=O)[C@@]23CCCCN2C[C@@]12C[C@@]1(C(=O)Nc4c1ccc1c4OCC(O)C(C)(C)O1)C(C)(C)[C@H]2C3. The van der Waals surface area contributed by atoms with E-state index in [1.54, 1.807) is 0 Å². The van der Waals surface area contributed by atoms with Crippen LogP contribution in [0.2, 0.25) is 0 Å². The fraction of sp³-hybridized carbons (Fsp3) is 0.714. The maximum Gasteiger partial charge on any atom is 0.243 e. The molecule has 1 aliphatic carbocycles. The second-order valence-corrected chi connectivity index (χ2v) is 13.2. The number of carbonyl (C=O) groups excluding carboxylic acids is 2. The molecule has 3 spiro atoms. The molecule has 5 fully saturated rings. The number of aliphatic hydroxyl groups is 1. The third-order valence-corrected chi connectivity index (χ3v) is 11.2. The number of likely N-dealkylation sites (N-methyl/N-ethyl adjacent to an activating group) is 1. The quantitative estimate of drug-likeness (QED) is 0.575. The van der Waals surface area contributed by atoms with E-state index >= 15 is 0 Å². The van der Waals surface area contributed by atoms with Gasteiger partial charge in [0.05, 0.1) is 16.6 Å². The molecule has 0 radical (unpaired) electrons. The molecular weight excluding hydrogens is 458 g/mol. The van der Waals surface area contributed by atoms with Gasteiger partial charge in [0.25, 0.3) is 0 Å². The molecule has 6 heterocycles. The number of nitrogens with zero attached hydrogens (tertiary/aromatic N) is 2. The van der Waals surface area contributed by atoms with Crippen molar-refractivity contribution in [3.05, 3.63) is 17.7 Å². The number of rotatable bonds is 0. The lowest BCUT2D eigenvalue weighted by molar-refractivity contribution is -0.196. The molecule has 2 amide bonds. The van der Waals surface area contributed by atoms with Gasteiger partial charge in [-0.3, -0.25) is 14.5 Å². The molecule has 4 saturated heterocycles. The lowest BCUT2D eigenvalue weighted by atomic mass is 9.56. The van der Waals surface area contributed by atoms with Gasteiger partial charge in [-0.2, -0.15) is 0 Å². The highest BCUT2D eigenvalue weighted by molar-refractivity contribution is 6.09. The molecule has 8 rings (SSSR count). The molecule has 5 atom stereocenters. The van der Waals surface area contributed by atoms with Crippen molar-refractivity contribution in [3.63, 3.8) is 0 Å². The summed E-state index contributed by atoms with van der Waals surface area (Å²) in [4.78, 5) is 32.5. The number of fused-ring (bicyclic) bond motifs is 5. The van der Waals surface area contributed by atoms with E-state index < -0.39 is 22.7 Å². The average molecular weight is 496 g/mol. The summed E-state index contributed by atoms with van der Waals surface area (Å²) in [5.41, 5.74) is -1.21. The van der Waals surface area contributed by atoms with E-state index in [1.165, 1.54) is 0 Å². The summed E-state index contributed by atoms with van der Waals surface area (Å²) >= 11 is 0.